The van der Waals surface area contributed by atoms with Crippen LogP contribution >= 0.6 is 0 Å². The molecule has 0 aliphatic carbocycles. The van der Waals surface area contributed by atoms with Crippen LogP contribution in [0.1, 0.15) is 380 Å². The van der Waals surface area contributed by atoms with Crippen molar-refractivity contribution in [3.05, 3.63) is 12.2 Å². The first-order valence-electron chi connectivity index (χ1n) is 33.4. The number of rotatable bonds is 63. The van der Waals surface area contributed by atoms with Crippen LogP contribution in [0.15, 0.2) is 12.2 Å². The second kappa shape index (κ2) is 63.1. The fourth-order valence-corrected chi connectivity index (χ4v) is 10.7. The van der Waals surface area contributed by atoms with Gasteiger partial charge in [-0.15, -0.1) is 0 Å². The summed E-state index contributed by atoms with van der Waals surface area (Å²) in [6.45, 7) is 4.96. The van der Waals surface area contributed by atoms with Gasteiger partial charge in [-0.05, 0) is 51.4 Å². The fourth-order valence-electron chi connectivity index (χ4n) is 10.7. The number of amides is 1. The van der Waals surface area contributed by atoms with E-state index in [1.54, 1.807) is 0 Å². The molecular weight excluding hydrogens is 899 g/mol. The van der Waals surface area contributed by atoms with Crippen LogP contribution in [0.5, 0.6) is 0 Å². The standard InChI is InChI=1S/C67H131NO5/c1-3-5-7-9-11-13-15-17-18-19-20-21-22-24-27-30-33-36-39-43-47-51-55-59-65(70)64(63-69)68-66(71)60-56-52-48-44-40-37-34-31-28-25-23-26-29-32-35-38-42-46-50-54-58-62-73-67(72)61-57-53-49-45-41-16-14-12-10-8-6-4-2/h12,14,64-65,69-70H,3-11,13,15-63H2,1-2H3,(H,68,71)/b14-12-. The lowest BCUT2D eigenvalue weighted by Gasteiger charge is -2.22. The Morgan fingerprint density at radius 2 is 0.644 bits per heavy atom. The molecule has 6 heteroatoms. The van der Waals surface area contributed by atoms with E-state index < -0.39 is 12.1 Å². The number of hydrogen-bond donors (Lipinski definition) is 3. The number of esters is 1. The molecule has 2 unspecified atom stereocenters. The molecule has 0 spiro atoms. The minimum Gasteiger partial charge on any atom is -0.466 e. The third kappa shape index (κ3) is 59.7. The molecule has 0 saturated carbocycles. The van der Waals surface area contributed by atoms with Gasteiger partial charge in [-0.3, -0.25) is 9.59 Å². The quantitative estimate of drug-likeness (QED) is 0.0320. The Kier molecular flexibility index (Phi) is 61.9. The van der Waals surface area contributed by atoms with E-state index in [-0.39, 0.29) is 18.5 Å². The SMILES string of the molecule is CCCCC/C=C\CCCCCCCC(=O)OCCCCCCCCCCCCCCCCCCCCCCCC(=O)NC(CO)C(O)CCCCCCCCCCCCCCCCCCCCCCCCC. The van der Waals surface area contributed by atoms with Crippen molar-refractivity contribution in [1.82, 2.24) is 5.32 Å². The molecule has 0 rings (SSSR count). The molecule has 73 heavy (non-hydrogen) atoms. The summed E-state index contributed by atoms with van der Waals surface area (Å²) in [5, 5.41) is 23.4. The van der Waals surface area contributed by atoms with Crippen LogP contribution in [0.2, 0.25) is 0 Å². The lowest BCUT2D eigenvalue weighted by Crippen LogP contribution is -2.45. The molecule has 6 nitrogen and oxygen atoms in total. The maximum absolute atomic E-state index is 12.5. The normalized spacial score (nSPS) is 12.5. The van der Waals surface area contributed by atoms with E-state index in [0.29, 0.717) is 25.9 Å². The molecule has 1 amide bonds. The molecule has 434 valence electrons. The van der Waals surface area contributed by atoms with Crippen LogP contribution < -0.4 is 5.32 Å². The lowest BCUT2D eigenvalue weighted by atomic mass is 10.0. The van der Waals surface area contributed by atoms with Gasteiger partial charge in [0, 0.05) is 12.8 Å². The van der Waals surface area contributed by atoms with E-state index in [4.69, 9.17) is 4.74 Å². The predicted octanol–water partition coefficient (Wildman–Crippen LogP) is 21.2. The van der Waals surface area contributed by atoms with Crippen molar-refractivity contribution in [1.29, 1.82) is 0 Å². The monoisotopic (exact) mass is 1030 g/mol. The van der Waals surface area contributed by atoms with Crippen LogP contribution in [0.4, 0.5) is 0 Å². The number of aliphatic hydroxyl groups excluding tert-OH is 2. The topological polar surface area (TPSA) is 95.9 Å². The van der Waals surface area contributed by atoms with E-state index in [9.17, 15) is 19.8 Å². The van der Waals surface area contributed by atoms with Gasteiger partial charge in [0.15, 0.2) is 0 Å². The van der Waals surface area contributed by atoms with Gasteiger partial charge in [-0.2, -0.15) is 0 Å². The Bertz CT molecular complexity index is 1100. The summed E-state index contributed by atoms with van der Waals surface area (Å²) in [7, 11) is 0. The maximum Gasteiger partial charge on any atom is 0.305 e. The van der Waals surface area contributed by atoms with E-state index >= 15 is 0 Å². The molecular formula is C67H131NO5. The molecule has 0 bridgehead atoms. The van der Waals surface area contributed by atoms with E-state index in [1.165, 1.54) is 302 Å². The second-order valence-corrected chi connectivity index (χ2v) is 23.2. The number of unbranched alkanes of at least 4 members (excludes halogenated alkanes) is 50. The van der Waals surface area contributed by atoms with Gasteiger partial charge in [0.2, 0.25) is 5.91 Å². The van der Waals surface area contributed by atoms with Crippen molar-refractivity contribution in [2.75, 3.05) is 13.2 Å². The molecule has 0 heterocycles. The predicted molar refractivity (Wildman–Crippen MR) is 320 cm³/mol. The molecule has 0 aromatic carbocycles. The number of carbonyl (C=O) groups excluding carboxylic acids is 2. The number of hydrogen-bond acceptors (Lipinski definition) is 5. The third-order valence-electron chi connectivity index (χ3n) is 15.8. The summed E-state index contributed by atoms with van der Waals surface area (Å²) in [4.78, 5) is 24.6. The summed E-state index contributed by atoms with van der Waals surface area (Å²) in [5.41, 5.74) is 0. The molecule has 0 aliphatic rings. The van der Waals surface area contributed by atoms with Crippen LogP contribution in [-0.2, 0) is 14.3 Å². The average molecular weight is 1030 g/mol. The third-order valence-corrected chi connectivity index (χ3v) is 15.8. The zero-order valence-corrected chi connectivity index (χ0v) is 49.6. The van der Waals surface area contributed by atoms with Crippen molar-refractivity contribution in [3.8, 4) is 0 Å². The Labute approximate surface area is 457 Å². The largest absolute Gasteiger partial charge is 0.466 e. The number of carbonyl (C=O) groups is 2. The number of ether oxygens (including phenoxy) is 1. The van der Waals surface area contributed by atoms with E-state index in [1.807, 2.05) is 0 Å². The Balaban J connectivity index is 3.39. The van der Waals surface area contributed by atoms with Crippen molar-refractivity contribution in [3.63, 3.8) is 0 Å². The van der Waals surface area contributed by atoms with Crippen LogP contribution in [0.3, 0.4) is 0 Å². The number of aliphatic hydroxyl groups is 2. The Morgan fingerprint density at radius 1 is 0.370 bits per heavy atom. The summed E-state index contributed by atoms with van der Waals surface area (Å²) in [6, 6.07) is -0.543. The number of nitrogens with one attached hydrogen (secondary N) is 1. The van der Waals surface area contributed by atoms with Crippen molar-refractivity contribution >= 4 is 11.9 Å². The molecule has 3 N–H and O–H groups in total. The summed E-state index contributed by atoms with van der Waals surface area (Å²) >= 11 is 0. The summed E-state index contributed by atoms with van der Waals surface area (Å²) < 4.78 is 5.47. The van der Waals surface area contributed by atoms with Crippen molar-refractivity contribution in [2.45, 2.75) is 392 Å². The highest BCUT2D eigenvalue weighted by atomic mass is 16.5. The minimum atomic E-state index is -0.666. The fraction of sp³-hybridized carbons (Fsp3) is 0.940. The Morgan fingerprint density at radius 3 is 1.00 bits per heavy atom. The zero-order chi connectivity index (χ0) is 52.9. The van der Waals surface area contributed by atoms with Gasteiger partial charge in [0.1, 0.15) is 0 Å². The van der Waals surface area contributed by atoms with Gasteiger partial charge < -0.3 is 20.3 Å². The summed E-state index contributed by atoms with van der Waals surface area (Å²) in [5.74, 6) is -0.0283. The second-order valence-electron chi connectivity index (χ2n) is 23.2. The first kappa shape index (κ1) is 71.6. The molecule has 0 aliphatic heterocycles. The van der Waals surface area contributed by atoms with E-state index in [0.717, 1.165) is 44.9 Å². The van der Waals surface area contributed by atoms with Crippen molar-refractivity contribution in [2.24, 2.45) is 0 Å². The highest BCUT2D eigenvalue weighted by Gasteiger charge is 2.20. The molecule has 0 aromatic heterocycles. The Hall–Kier alpha value is -1.40. The van der Waals surface area contributed by atoms with Gasteiger partial charge >= 0.3 is 5.97 Å². The number of allylic oxidation sites excluding steroid dienone is 2. The van der Waals surface area contributed by atoms with Crippen LogP contribution in [0.25, 0.3) is 0 Å². The first-order valence-corrected chi connectivity index (χ1v) is 33.4. The molecule has 0 saturated heterocycles. The van der Waals surface area contributed by atoms with Gasteiger partial charge in [-0.1, -0.05) is 328 Å². The zero-order valence-electron chi connectivity index (χ0n) is 49.6. The molecule has 0 aromatic rings. The first-order chi connectivity index (χ1) is 36.0. The molecule has 2 atom stereocenters. The van der Waals surface area contributed by atoms with Gasteiger partial charge in [0.05, 0.1) is 25.4 Å². The van der Waals surface area contributed by atoms with Crippen LogP contribution in [0, 0.1) is 0 Å². The smallest absolute Gasteiger partial charge is 0.305 e. The average Bonchev–Trinajstić information content (AvgIpc) is 3.39. The summed E-state index contributed by atoms with van der Waals surface area (Å²) in [6.07, 6.45) is 76.7. The van der Waals surface area contributed by atoms with E-state index in [2.05, 4.69) is 31.3 Å². The highest BCUT2D eigenvalue weighted by Crippen LogP contribution is 2.19. The van der Waals surface area contributed by atoms with Gasteiger partial charge in [0.25, 0.3) is 0 Å². The molecule has 0 fully saturated rings. The lowest BCUT2D eigenvalue weighted by molar-refractivity contribution is -0.143. The van der Waals surface area contributed by atoms with Crippen LogP contribution in [-0.4, -0.2) is 47.4 Å². The molecule has 0 radical (unpaired) electrons. The van der Waals surface area contributed by atoms with Gasteiger partial charge in [-0.25, -0.2) is 0 Å². The minimum absolute atomic E-state index is 0.00298. The maximum atomic E-state index is 12.5. The van der Waals surface area contributed by atoms with Crippen molar-refractivity contribution < 1.29 is 24.5 Å². The highest BCUT2D eigenvalue weighted by molar-refractivity contribution is 5.76.